The first-order valence-electron chi connectivity index (χ1n) is 15.7. The quantitative estimate of drug-likeness (QED) is 0.205. The summed E-state index contributed by atoms with van der Waals surface area (Å²) in [6.07, 6.45) is 0.873. The van der Waals surface area contributed by atoms with E-state index in [9.17, 15) is 0 Å². The van der Waals surface area contributed by atoms with Crippen molar-refractivity contribution in [3.8, 4) is 33.4 Å². The third-order valence-corrected chi connectivity index (χ3v) is 10.1. The first-order valence-corrected chi connectivity index (χ1v) is 15.7. The van der Waals surface area contributed by atoms with E-state index in [1.54, 1.807) is 0 Å². The molecule has 1 heterocycles. The summed E-state index contributed by atoms with van der Waals surface area (Å²) < 4.78 is 6.33. The number of fused-ring (bicyclic) bond motifs is 13. The van der Waals surface area contributed by atoms with Gasteiger partial charge in [0, 0.05) is 16.3 Å². The molecular formula is C44H28O. The van der Waals surface area contributed by atoms with Gasteiger partial charge in [-0.1, -0.05) is 152 Å². The zero-order chi connectivity index (χ0) is 29.5. The maximum atomic E-state index is 6.33. The second-order valence-corrected chi connectivity index (χ2v) is 12.4. The van der Waals surface area contributed by atoms with Crippen molar-refractivity contribution in [2.45, 2.75) is 11.8 Å². The Morgan fingerprint density at radius 1 is 0.400 bits per heavy atom. The van der Waals surface area contributed by atoms with Gasteiger partial charge >= 0.3 is 0 Å². The zero-order valence-corrected chi connectivity index (χ0v) is 24.6. The molecule has 0 aliphatic heterocycles. The number of hydrogen-bond donors (Lipinski definition) is 0. The van der Waals surface area contributed by atoms with Crippen molar-refractivity contribution >= 4 is 21.9 Å². The van der Waals surface area contributed by atoms with E-state index < -0.39 is 0 Å². The van der Waals surface area contributed by atoms with Crippen molar-refractivity contribution in [2.75, 3.05) is 0 Å². The van der Waals surface area contributed by atoms with E-state index in [-0.39, 0.29) is 5.41 Å². The van der Waals surface area contributed by atoms with Crippen molar-refractivity contribution < 1.29 is 4.42 Å². The van der Waals surface area contributed by atoms with Crippen molar-refractivity contribution in [1.29, 1.82) is 0 Å². The van der Waals surface area contributed by atoms with Crippen LogP contribution in [-0.2, 0) is 11.8 Å². The predicted molar refractivity (Wildman–Crippen MR) is 185 cm³/mol. The predicted octanol–water partition coefficient (Wildman–Crippen LogP) is 11.2. The van der Waals surface area contributed by atoms with Crippen LogP contribution in [0.2, 0.25) is 0 Å². The Hall–Kier alpha value is -5.66. The molecule has 2 aliphatic rings. The van der Waals surface area contributed by atoms with Gasteiger partial charge in [-0.15, -0.1) is 0 Å². The monoisotopic (exact) mass is 572 g/mol. The molecule has 0 bridgehead atoms. The molecule has 0 radical (unpaired) electrons. The fourth-order valence-corrected chi connectivity index (χ4v) is 8.26. The van der Waals surface area contributed by atoms with Crippen molar-refractivity contribution in [1.82, 2.24) is 0 Å². The Bertz CT molecular complexity index is 2390. The van der Waals surface area contributed by atoms with E-state index in [4.69, 9.17) is 4.42 Å². The van der Waals surface area contributed by atoms with Gasteiger partial charge in [-0.05, 0) is 73.7 Å². The smallest absolute Gasteiger partial charge is 0.143 e. The Balaban J connectivity index is 1.07. The van der Waals surface area contributed by atoms with Gasteiger partial charge in [0.25, 0.3) is 0 Å². The molecule has 0 N–H and O–H groups in total. The molecule has 10 rings (SSSR count). The molecule has 45 heavy (non-hydrogen) atoms. The van der Waals surface area contributed by atoms with Crippen LogP contribution in [0.15, 0.2) is 162 Å². The maximum Gasteiger partial charge on any atom is 0.143 e. The normalized spacial score (nSPS) is 13.6. The SMILES string of the molecule is c1ccc2c(c1)-c1ccccc1C21c2ccccc2-c2ccc(Cc3ccc(-c4cccc5c4oc4ccccc45)cc3)cc21. The average molecular weight is 573 g/mol. The molecule has 1 nitrogen and oxygen atoms in total. The Labute approximate surface area is 262 Å². The molecule has 0 unspecified atom stereocenters. The highest BCUT2D eigenvalue weighted by Crippen LogP contribution is 2.62. The van der Waals surface area contributed by atoms with E-state index >= 15 is 0 Å². The third-order valence-electron chi connectivity index (χ3n) is 10.1. The fraction of sp³-hybridized carbons (Fsp3) is 0.0455. The van der Waals surface area contributed by atoms with Crippen molar-refractivity contribution in [3.63, 3.8) is 0 Å². The fourth-order valence-electron chi connectivity index (χ4n) is 8.26. The summed E-state index contributed by atoms with van der Waals surface area (Å²) in [7, 11) is 0. The van der Waals surface area contributed by atoms with Gasteiger partial charge in [-0.25, -0.2) is 0 Å². The standard InChI is InChI=1S/C44H28O/c1-5-16-38-32(10-1)33-11-2-6-17-39(33)44(38)40-18-7-3-12-34(40)35-25-22-29(27-41(35)44)26-28-20-23-30(24-21-28)31-14-9-15-37-36-13-4-8-19-42(36)45-43(31)37/h1-25,27H,26H2. The molecule has 1 heteroatoms. The summed E-state index contributed by atoms with van der Waals surface area (Å²) in [6.45, 7) is 0. The molecule has 7 aromatic carbocycles. The minimum Gasteiger partial charge on any atom is -0.455 e. The van der Waals surface area contributed by atoms with E-state index in [1.165, 1.54) is 61.2 Å². The highest BCUT2D eigenvalue weighted by atomic mass is 16.3. The molecule has 1 spiro atoms. The van der Waals surface area contributed by atoms with Gasteiger partial charge in [0.05, 0.1) is 5.41 Å². The van der Waals surface area contributed by atoms with Crippen LogP contribution in [0.4, 0.5) is 0 Å². The highest BCUT2D eigenvalue weighted by molar-refractivity contribution is 6.09. The highest BCUT2D eigenvalue weighted by Gasteiger charge is 2.51. The van der Waals surface area contributed by atoms with Crippen LogP contribution in [0, 0.1) is 0 Å². The van der Waals surface area contributed by atoms with Crippen LogP contribution in [0.3, 0.4) is 0 Å². The van der Waals surface area contributed by atoms with Gasteiger partial charge in [0.1, 0.15) is 11.2 Å². The summed E-state index contributed by atoms with van der Waals surface area (Å²) >= 11 is 0. The van der Waals surface area contributed by atoms with Crippen molar-refractivity contribution in [3.05, 3.63) is 191 Å². The number of para-hydroxylation sites is 2. The first kappa shape index (κ1) is 24.7. The molecule has 0 fully saturated rings. The minimum atomic E-state index is -0.301. The van der Waals surface area contributed by atoms with Crippen LogP contribution in [0.25, 0.3) is 55.3 Å². The second-order valence-electron chi connectivity index (χ2n) is 12.4. The molecule has 2 aliphatic carbocycles. The largest absolute Gasteiger partial charge is 0.455 e. The van der Waals surface area contributed by atoms with Crippen LogP contribution in [-0.4, -0.2) is 0 Å². The molecule has 0 amide bonds. The summed E-state index contributed by atoms with van der Waals surface area (Å²) in [5, 5.41) is 2.32. The first-order chi connectivity index (χ1) is 22.3. The van der Waals surface area contributed by atoms with Crippen LogP contribution in [0.5, 0.6) is 0 Å². The van der Waals surface area contributed by atoms with Gasteiger partial charge in [0.15, 0.2) is 0 Å². The van der Waals surface area contributed by atoms with Gasteiger partial charge in [-0.2, -0.15) is 0 Å². The molecule has 1 aromatic heterocycles. The lowest BCUT2D eigenvalue weighted by Gasteiger charge is -2.30. The topological polar surface area (TPSA) is 13.1 Å². The van der Waals surface area contributed by atoms with Crippen LogP contribution in [0.1, 0.15) is 33.4 Å². The third kappa shape index (κ3) is 3.33. The Kier molecular flexibility index (Phi) is 5.04. The molecule has 210 valence electrons. The maximum absolute atomic E-state index is 6.33. The Morgan fingerprint density at radius 2 is 0.933 bits per heavy atom. The van der Waals surface area contributed by atoms with E-state index in [2.05, 4.69) is 146 Å². The molecular weight excluding hydrogens is 544 g/mol. The second kappa shape index (κ2) is 9.17. The Morgan fingerprint density at radius 3 is 1.62 bits per heavy atom. The van der Waals surface area contributed by atoms with Crippen LogP contribution < -0.4 is 0 Å². The molecule has 0 saturated heterocycles. The minimum absolute atomic E-state index is 0.301. The summed E-state index contributed by atoms with van der Waals surface area (Å²) in [4.78, 5) is 0. The van der Waals surface area contributed by atoms with Crippen molar-refractivity contribution in [2.24, 2.45) is 0 Å². The van der Waals surface area contributed by atoms with Gasteiger partial charge < -0.3 is 4.42 Å². The summed E-state index contributed by atoms with van der Waals surface area (Å²) in [5.41, 5.74) is 17.4. The lowest BCUT2D eigenvalue weighted by atomic mass is 9.70. The summed E-state index contributed by atoms with van der Waals surface area (Å²) in [5.74, 6) is 0. The number of hydrogen-bond acceptors (Lipinski definition) is 1. The van der Waals surface area contributed by atoms with E-state index in [1.807, 2.05) is 12.1 Å². The van der Waals surface area contributed by atoms with Gasteiger partial charge in [-0.3, -0.25) is 0 Å². The molecule has 0 atom stereocenters. The lowest BCUT2D eigenvalue weighted by Crippen LogP contribution is -2.26. The summed E-state index contributed by atoms with van der Waals surface area (Å²) in [6, 6.07) is 57.9. The number of rotatable bonds is 3. The molecule has 8 aromatic rings. The van der Waals surface area contributed by atoms with Gasteiger partial charge in [0.2, 0.25) is 0 Å². The lowest BCUT2D eigenvalue weighted by molar-refractivity contribution is 0.670. The molecule has 0 saturated carbocycles. The number of benzene rings is 7. The average Bonchev–Trinajstić information content (AvgIpc) is 3.73. The zero-order valence-electron chi connectivity index (χ0n) is 24.6. The number of furan rings is 1. The van der Waals surface area contributed by atoms with E-state index in [0.29, 0.717) is 0 Å². The van der Waals surface area contributed by atoms with E-state index in [0.717, 1.165) is 33.9 Å². The van der Waals surface area contributed by atoms with Crippen LogP contribution >= 0.6 is 0 Å².